The largest absolute Gasteiger partial charge is 0.308 e. The standard InChI is InChI=1S/C22H20N2O3S/c1-23(19-10-6-3-7-11-19)28(26,27)20-12-13-21-18(16-20)14-15-24(21)22(25)17-8-4-2-5-9-17/h2-13,16H,14-15H2,1H3. The van der Waals surface area contributed by atoms with Gasteiger partial charge in [0, 0.05) is 24.8 Å². The summed E-state index contributed by atoms with van der Waals surface area (Å²) in [6.07, 6.45) is 0.631. The minimum atomic E-state index is -3.67. The first-order valence-corrected chi connectivity index (χ1v) is 10.5. The number of amides is 1. The molecule has 0 fully saturated rings. The zero-order valence-electron chi connectivity index (χ0n) is 15.4. The number of fused-ring (bicyclic) bond motifs is 1. The summed E-state index contributed by atoms with van der Waals surface area (Å²) in [5.74, 6) is -0.0728. The summed E-state index contributed by atoms with van der Waals surface area (Å²) in [6.45, 7) is 0.543. The highest BCUT2D eigenvalue weighted by Gasteiger charge is 2.28. The van der Waals surface area contributed by atoms with Crippen molar-refractivity contribution >= 4 is 27.3 Å². The number of hydrogen-bond donors (Lipinski definition) is 0. The molecule has 3 aromatic carbocycles. The Bertz CT molecular complexity index is 1110. The summed E-state index contributed by atoms with van der Waals surface area (Å²) < 4.78 is 27.3. The molecule has 0 bridgehead atoms. The van der Waals surface area contributed by atoms with Crippen molar-refractivity contribution < 1.29 is 13.2 Å². The number of nitrogens with zero attached hydrogens (tertiary/aromatic N) is 2. The van der Waals surface area contributed by atoms with Crippen LogP contribution in [0.25, 0.3) is 0 Å². The van der Waals surface area contributed by atoms with Crippen molar-refractivity contribution in [2.24, 2.45) is 0 Å². The molecular weight excluding hydrogens is 372 g/mol. The number of para-hydroxylation sites is 1. The van der Waals surface area contributed by atoms with Crippen LogP contribution in [0, 0.1) is 0 Å². The van der Waals surface area contributed by atoms with Crippen LogP contribution in [0.1, 0.15) is 15.9 Å². The van der Waals surface area contributed by atoms with Crippen molar-refractivity contribution in [1.82, 2.24) is 0 Å². The fourth-order valence-corrected chi connectivity index (χ4v) is 4.67. The predicted molar refractivity (Wildman–Crippen MR) is 110 cm³/mol. The second-order valence-corrected chi connectivity index (χ2v) is 8.64. The van der Waals surface area contributed by atoms with Crippen LogP contribution in [0.2, 0.25) is 0 Å². The molecule has 1 heterocycles. The lowest BCUT2D eigenvalue weighted by molar-refractivity contribution is 0.0989. The van der Waals surface area contributed by atoms with Crippen molar-refractivity contribution in [3.8, 4) is 0 Å². The Morgan fingerprint density at radius 2 is 1.57 bits per heavy atom. The predicted octanol–water partition coefficient (Wildman–Crippen LogP) is 3.71. The molecule has 1 amide bonds. The summed E-state index contributed by atoms with van der Waals surface area (Å²) in [5.41, 5.74) is 2.86. The van der Waals surface area contributed by atoms with E-state index in [0.717, 1.165) is 11.3 Å². The molecule has 3 aromatic rings. The highest BCUT2D eigenvalue weighted by molar-refractivity contribution is 7.92. The molecular formula is C22H20N2O3S. The van der Waals surface area contributed by atoms with E-state index in [1.54, 1.807) is 66.5 Å². The Morgan fingerprint density at radius 3 is 2.25 bits per heavy atom. The van der Waals surface area contributed by atoms with Crippen molar-refractivity contribution in [3.63, 3.8) is 0 Å². The zero-order chi connectivity index (χ0) is 19.7. The van der Waals surface area contributed by atoms with Crippen LogP contribution in [-0.2, 0) is 16.4 Å². The van der Waals surface area contributed by atoms with Crippen LogP contribution in [0.3, 0.4) is 0 Å². The first kappa shape index (κ1) is 18.3. The SMILES string of the molecule is CN(c1ccccc1)S(=O)(=O)c1ccc2c(c1)CCN2C(=O)c1ccccc1. The quantitative estimate of drug-likeness (QED) is 0.680. The van der Waals surface area contributed by atoms with Gasteiger partial charge < -0.3 is 4.90 Å². The average molecular weight is 392 g/mol. The molecule has 0 saturated carbocycles. The third-order valence-electron chi connectivity index (χ3n) is 4.99. The summed E-state index contributed by atoms with van der Waals surface area (Å²) in [4.78, 5) is 14.7. The molecule has 28 heavy (non-hydrogen) atoms. The van der Waals surface area contributed by atoms with Crippen LogP contribution in [-0.4, -0.2) is 27.9 Å². The van der Waals surface area contributed by atoms with E-state index in [4.69, 9.17) is 0 Å². The maximum atomic E-state index is 13.0. The van der Waals surface area contributed by atoms with E-state index in [-0.39, 0.29) is 10.8 Å². The van der Waals surface area contributed by atoms with Gasteiger partial charge in [0.15, 0.2) is 0 Å². The van der Waals surface area contributed by atoms with Crippen molar-refractivity contribution in [2.75, 3.05) is 22.8 Å². The first-order valence-electron chi connectivity index (χ1n) is 9.02. The molecule has 4 rings (SSSR count). The van der Waals surface area contributed by atoms with E-state index in [9.17, 15) is 13.2 Å². The Labute approximate surface area is 164 Å². The highest BCUT2D eigenvalue weighted by Crippen LogP contribution is 2.32. The molecule has 0 aliphatic carbocycles. The molecule has 1 aliphatic heterocycles. The van der Waals surface area contributed by atoms with Gasteiger partial charge in [0.05, 0.1) is 10.6 Å². The Morgan fingerprint density at radius 1 is 0.929 bits per heavy atom. The monoisotopic (exact) mass is 392 g/mol. The lowest BCUT2D eigenvalue weighted by Crippen LogP contribution is -2.29. The van der Waals surface area contributed by atoms with Crippen LogP contribution in [0.15, 0.2) is 83.8 Å². The molecule has 6 heteroatoms. The van der Waals surface area contributed by atoms with E-state index in [1.807, 2.05) is 24.3 Å². The van der Waals surface area contributed by atoms with Gasteiger partial charge in [-0.1, -0.05) is 36.4 Å². The Hall–Kier alpha value is -3.12. The van der Waals surface area contributed by atoms with Gasteiger partial charge in [0.25, 0.3) is 15.9 Å². The normalized spacial score (nSPS) is 13.2. The van der Waals surface area contributed by atoms with E-state index in [1.165, 1.54) is 4.31 Å². The van der Waals surface area contributed by atoms with E-state index < -0.39 is 10.0 Å². The van der Waals surface area contributed by atoms with Gasteiger partial charge in [-0.2, -0.15) is 0 Å². The molecule has 0 spiro atoms. The van der Waals surface area contributed by atoms with Gasteiger partial charge in [-0.05, 0) is 54.4 Å². The number of sulfonamides is 1. The highest BCUT2D eigenvalue weighted by atomic mass is 32.2. The third kappa shape index (κ3) is 3.16. The van der Waals surface area contributed by atoms with E-state index in [0.29, 0.717) is 24.2 Å². The number of anilines is 2. The second-order valence-electron chi connectivity index (χ2n) is 6.67. The fourth-order valence-electron chi connectivity index (χ4n) is 3.42. The molecule has 5 nitrogen and oxygen atoms in total. The molecule has 0 N–H and O–H groups in total. The Balaban J connectivity index is 1.64. The second kappa shape index (κ2) is 7.13. The minimum Gasteiger partial charge on any atom is -0.308 e. The van der Waals surface area contributed by atoms with Crippen molar-refractivity contribution in [3.05, 3.63) is 90.0 Å². The van der Waals surface area contributed by atoms with Gasteiger partial charge >= 0.3 is 0 Å². The molecule has 0 aromatic heterocycles. The molecule has 1 aliphatic rings. The van der Waals surface area contributed by atoms with Crippen LogP contribution < -0.4 is 9.21 Å². The van der Waals surface area contributed by atoms with Gasteiger partial charge in [0.2, 0.25) is 0 Å². The fraction of sp³-hybridized carbons (Fsp3) is 0.136. The molecule has 0 unspecified atom stereocenters. The maximum Gasteiger partial charge on any atom is 0.264 e. The topological polar surface area (TPSA) is 57.7 Å². The average Bonchev–Trinajstić information content (AvgIpc) is 3.17. The number of carbonyl (C=O) groups excluding carboxylic acids is 1. The number of benzene rings is 3. The Kier molecular flexibility index (Phi) is 4.65. The lowest BCUT2D eigenvalue weighted by atomic mass is 10.1. The van der Waals surface area contributed by atoms with Crippen LogP contribution in [0.4, 0.5) is 11.4 Å². The molecule has 0 saturated heterocycles. The summed E-state index contributed by atoms with van der Waals surface area (Å²) in [6, 6.07) is 23.1. The summed E-state index contributed by atoms with van der Waals surface area (Å²) in [5, 5.41) is 0. The number of rotatable bonds is 4. The van der Waals surface area contributed by atoms with E-state index in [2.05, 4.69) is 0 Å². The summed E-state index contributed by atoms with van der Waals surface area (Å²) in [7, 11) is -2.13. The van der Waals surface area contributed by atoms with Gasteiger partial charge in [-0.25, -0.2) is 8.42 Å². The lowest BCUT2D eigenvalue weighted by Gasteiger charge is -2.21. The number of hydrogen-bond acceptors (Lipinski definition) is 3. The number of carbonyl (C=O) groups is 1. The van der Waals surface area contributed by atoms with Crippen molar-refractivity contribution in [2.45, 2.75) is 11.3 Å². The molecule has 142 valence electrons. The zero-order valence-corrected chi connectivity index (χ0v) is 16.3. The van der Waals surface area contributed by atoms with Crippen molar-refractivity contribution in [1.29, 1.82) is 0 Å². The maximum absolute atomic E-state index is 13.0. The smallest absolute Gasteiger partial charge is 0.264 e. The molecule has 0 atom stereocenters. The third-order valence-corrected chi connectivity index (χ3v) is 6.77. The molecule has 0 radical (unpaired) electrons. The summed E-state index contributed by atoms with van der Waals surface area (Å²) >= 11 is 0. The first-order chi connectivity index (χ1) is 13.5. The van der Waals surface area contributed by atoms with Gasteiger partial charge in [0.1, 0.15) is 0 Å². The van der Waals surface area contributed by atoms with Crippen LogP contribution >= 0.6 is 0 Å². The van der Waals surface area contributed by atoms with E-state index >= 15 is 0 Å². The minimum absolute atomic E-state index is 0.0728. The van der Waals surface area contributed by atoms with Gasteiger partial charge in [-0.3, -0.25) is 9.10 Å². The van der Waals surface area contributed by atoms with Crippen LogP contribution in [0.5, 0.6) is 0 Å². The van der Waals surface area contributed by atoms with Gasteiger partial charge in [-0.15, -0.1) is 0 Å².